The van der Waals surface area contributed by atoms with Crippen LogP contribution in [0.3, 0.4) is 0 Å². The Morgan fingerprint density at radius 3 is 2.70 bits per heavy atom. The number of aliphatic hydroxyl groups excluding tert-OH is 1. The quantitative estimate of drug-likeness (QED) is 0.636. The fraction of sp³-hybridized carbons (Fsp3) is 0.643. The average molecular weight is 448 g/mol. The van der Waals surface area contributed by atoms with Crippen LogP contribution in [-0.2, 0) is 4.79 Å². The van der Waals surface area contributed by atoms with Gasteiger partial charge in [-0.3, -0.25) is 4.79 Å². The number of rotatable bonds is 6. The molecule has 2 bridgehead atoms. The fourth-order valence-electron chi connectivity index (χ4n) is 7.62. The lowest BCUT2D eigenvalue weighted by Crippen LogP contribution is -2.47. The number of nitrogens with one attached hydrogen (secondary N) is 1. The van der Waals surface area contributed by atoms with Gasteiger partial charge in [-0.05, 0) is 74.7 Å². The number of aliphatic hydroxyl groups is 1. The van der Waals surface area contributed by atoms with Crippen LogP contribution in [0, 0.1) is 16.7 Å². The third kappa shape index (κ3) is 3.54. The maximum atomic E-state index is 13.3. The van der Waals surface area contributed by atoms with Crippen molar-refractivity contribution in [2.75, 3.05) is 6.54 Å². The Kier molecular flexibility index (Phi) is 5.36. The lowest BCUT2D eigenvalue weighted by Gasteiger charge is -2.45. The summed E-state index contributed by atoms with van der Waals surface area (Å²) in [6.07, 6.45) is 16.3. The molecule has 1 aliphatic heterocycles. The SMILES string of the molecule is O=C(NCC1CCCC1)C12CCCC(C(O)CC3c4ccccc4-c4cncn43)(CC1)CC2. The molecule has 0 saturated heterocycles. The number of fused-ring (bicyclic) bond motifs is 7. The first-order chi connectivity index (χ1) is 16.1. The molecule has 2 unspecified atom stereocenters. The van der Waals surface area contributed by atoms with Crippen LogP contribution in [0.4, 0.5) is 0 Å². The van der Waals surface area contributed by atoms with Crippen LogP contribution in [0.15, 0.2) is 36.8 Å². The highest BCUT2D eigenvalue weighted by Gasteiger charge is 2.52. The van der Waals surface area contributed by atoms with Crippen LogP contribution >= 0.6 is 0 Å². The molecule has 1 amide bonds. The van der Waals surface area contributed by atoms with Crippen LogP contribution in [0.1, 0.15) is 88.7 Å². The standard InChI is InChI=1S/C28H37N3O2/c32-25(16-23-21-8-3-4-9-22(21)24-18-29-19-31(23)24)27-10-5-11-28(14-12-27,15-13-27)26(33)30-17-20-6-1-2-7-20/h3-4,8-9,18-20,23,25,32H,1-2,5-7,10-17H2,(H,30,33). The molecule has 1 aromatic carbocycles. The summed E-state index contributed by atoms with van der Waals surface area (Å²) in [5.41, 5.74) is 3.45. The molecular formula is C28H37N3O2. The van der Waals surface area contributed by atoms with Crippen molar-refractivity contribution < 1.29 is 9.90 Å². The van der Waals surface area contributed by atoms with Gasteiger partial charge >= 0.3 is 0 Å². The molecule has 0 radical (unpaired) electrons. The Morgan fingerprint density at radius 2 is 1.88 bits per heavy atom. The van der Waals surface area contributed by atoms with Crippen LogP contribution in [0.5, 0.6) is 0 Å². The van der Waals surface area contributed by atoms with E-state index in [0.29, 0.717) is 11.8 Å². The first kappa shape index (κ1) is 21.4. The maximum absolute atomic E-state index is 13.3. The molecule has 5 aliphatic rings. The monoisotopic (exact) mass is 447 g/mol. The predicted molar refractivity (Wildman–Crippen MR) is 129 cm³/mol. The summed E-state index contributed by atoms with van der Waals surface area (Å²) in [7, 11) is 0. The normalized spacial score (nSPS) is 31.7. The molecule has 2 heterocycles. The van der Waals surface area contributed by atoms with Gasteiger partial charge in [-0.25, -0.2) is 4.98 Å². The largest absolute Gasteiger partial charge is 0.392 e. The van der Waals surface area contributed by atoms with E-state index in [-0.39, 0.29) is 23.0 Å². The Morgan fingerprint density at radius 1 is 1.09 bits per heavy atom. The highest BCUT2D eigenvalue weighted by atomic mass is 16.3. The van der Waals surface area contributed by atoms with Crippen LogP contribution in [0.25, 0.3) is 11.3 Å². The molecule has 0 spiro atoms. The van der Waals surface area contributed by atoms with Gasteiger partial charge in [0.25, 0.3) is 0 Å². The number of aromatic nitrogens is 2. The molecule has 4 aliphatic carbocycles. The summed E-state index contributed by atoms with van der Waals surface area (Å²) in [4.78, 5) is 17.7. The topological polar surface area (TPSA) is 67.2 Å². The van der Waals surface area contributed by atoms with Gasteiger partial charge in [0.1, 0.15) is 0 Å². The average Bonchev–Trinajstić information content (AvgIpc) is 3.53. The number of hydrogen-bond donors (Lipinski definition) is 2. The van der Waals surface area contributed by atoms with Gasteiger partial charge in [-0.15, -0.1) is 0 Å². The van der Waals surface area contributed by atoms with E-state index in [9.17, 15) is 9.90 Å². The van der Waals surface area contributed by atoms with E-state index in [0.717, 1.165) is 63.6 Å². The van der Waals surface area contributed by atoms with Crippen LogP contribution < -0.4 is 5.32 Å². The van der Waals surface area contributed by atoms with Crippen molar-refractivity contribution in [3.05, 3.63) is 42.4 Å². The second kappa shape index (κ2) is 8.26. The number of nitrogens with zero attached hydrogens (tertiary/aromatic N) is 2. The van der Waals surface area contributed by atoms with Crippen molar-refractivity contribution in [1.29, 1.82) is 0 Å². The predicted octanol–water partition coefficient (Wildman–Crippen LogP) is 5.24. The van der Waals surface area contributed by atoms with Gasteiger partial charge < -0.3 is 15.0 Å². The second-order valence-corrected chi connectivity index (χ2v) is 11.4. The van der Waals surface area contributed by atoms with E-state index in [1.54, 1.807) is 0 Å². The van der Waals surface area contributed by atoms with Crippen molar-refractivity contribution in [2.45, 2.75) is 89.2 Å². The lowest BCUT2D eigenvalue weighted by atomic mass is 9.62. The number of benzene rings is 1. The molecule has 4 saturated carbocycles. The fourth-order valence-corrected chi connectivity index (χ4v) is 7.62. The van der Waals surface area contributed by atoms with Crippen LogP contribution in [-0.4, -0.2) is 33.2 Å². The molecule has 7 rings (SSSR count). The zero-order valence-corrected chi connectivity index (χ0v) is 19.6. The Labute approximate surface area is 197 Å². The molecule has 1 aromatic heterocycles. The highest BCUT2D eigenvalue weighted by Crippen LogP contribution is 2.57. The Bertz CT molecular complexity index is 1010. The van der Waals surface area contributed by atoms with Gasteiger partial charge in [0.15, 0.2) is 0 Å². The summed E-state index contributed by atoms with van der Waals surface area (Å²) < 4.78 is 2.24. The van der Waals surface area contributed by atoms with Crippen molar-refractivity contribution in [1.82, 2.24) is 14.9 Å². The molecule has 176 valence electrons. The van der Waals surface area contributed by atoms with Gasteiger partial charge in [-0.1, -0.05) is 43.5 Å². The highest BCUT2D eigenvalue weighted by molar-refractivity contribution is 5.82. The van der Waals surface area contributed by atoms with E-state index in [1.165, 1.54) is 36.8 Å². The van der Waals surface area contributed by atoms with Gasteiger partial charge in [0, 0.05) is 17.5 Å². The number of hydrogen-bond acceptors (Lipinski definition) is 3. The Balaban J connectivity index is 1.15. The number of carbonyl (C=O) groups is 1. The molecule has 2 atom stereocenters. The zero-order chi connectivity index (χ0) is 22.5. The molecule has 5 heteroatoms. The van der Waals surface area contributed by atoms with Gasteiger partial charge in [0.2, 0.25) is 5.91 Å². The van der Waals surface area contributed by atoms with Gasteiger partial charge in [-0.2, -0.15) is 0 Å². The summed E-state index contributed by atoms with van der Waals surface area (Å²) >= 11 is 0. The second-order valence-electron chi connectivity index (χ2n) is 11.4. The number of imidazole rings is 1. The third-order valence-corrected chi connectivity index (χ3v) is 9.79. The molecular weight excluding hydrogens is 410 g/mol. The first-order valence-corrected chi connectivity index (χ1v) is 13.2. The molecule has 2 aromatic rings. The third-order valence-electron chi connectivity index (χ3n) is 9.79. The summed E-state index contributed by atoms with van der Waals surface area (Å²) in [6.45, 7) is 0.864. The van der Waals surface area contributed by atoms with E-state index < -0.39 is 0 Å². The van der Waals surface area contributed by atoms with Crippen molar-refractivity contribution in [2.24, 2.45) is 16.7 Å². The zero-order valence-electron chi connectivity index (χ0n) is 19.6. The first-order valence-electron chi connectivity index (χ1n) is 13.2. The lowest BCUT2D eigenvalue weighted by molar-refractivity contribution is -0.135. The summed E-state index contributed by atoms with van der Waals surface area (Å²) in [6, 6.07) is 8.69. The van der Waals surface area contributed by atoms with Crippen molar-refractivity contribution in [3.63, 3.8) is 0 Å². The van der Waals surface area contributed by atoms with Crippen molar-refractivity contribution >= 4 is 5.91 Å². The molecule has 33 heavy (non-hydrogen) atoms. The smallest absolute Gasteiger partial charge is 0.226 e. The van der Waals surface area contributed by atoms with E-state index in [2.05, 4.69) is 39.1 Å². The van der Waals surface area contributed by atoms with Crippen LogP contribution in [0.2, 0.25) is 0 Å². The number of carbonyl (C=O) groups excluding carboxylic acids is 1. The van der Waals surface area contributed by atoms with E-state index in [4.69, 9.17) is 0 Å². The minimum atomic E-state index is -0.360. The van der Waals surface area contributed by atoms with Gasteiger partial charge in [0.05, 0.1) is 30.4 Å². The van der Waals surface area contributed by atoms with Crippen molar-refractivity contribution in [3.8, 4) is 11.3 Å². The summed E-state index contributed by atoms with van der Waals surface area (Å²) in [5.74, 6) is 0.982. The molecule has 5 nitrogen and oxygen atoms in total. The Hall–Kier alpha value is -2.14. The maximum Gasteiger partial charge on any atom is 0.226 e. The summed E-state index contributed by atoms with van der Waals surface area (Å²) in [5, 5.41) is 15.0. The number of amides is 1. The minimum absolute atomic E-state index is 0.0516. The van der Waals surface area contributed by atoms with E-state index in [1.807, 2.05) is 12.5 Å². The van der Waals surface area contributed by atoms with E-state index >= 15 is 0 Å². The molecule has 2 N–H and O–H groups in total. The molecule has 4 fully saturated rings. The minimum Gasteiger partial charge on any atom is -0.392 e.